The number of ketones is 1. The van der Waals surface area contributed by atoms with Crippen molar-refractivity contribution in [1.29, 1.82) is 0 Å². The van der Waals surface area contributed by atoms with Crippen molar-refractivity contribution in [1.82, 2.24) is 5.32 Å². The zero-order valence-electron chi connectivity index (χ0n) is 13.0. The summed E-state index contributed by atoms with van der Waals surface area (Å²) in [6, 6.07) is 5.54. The van der Waals surface area contributed by atoms with Crippen molar-refractivity contribution in [3.8, 4) is 5.75 Å². The Kier molecular flexibility index (Phi) is 6.56. The fourth-order valence-corrected chi connectivity index (χ4v) is 1.88. The topological polar surface area (TPSA) is 92.7 Å². The smallest absolute Gasteiger partial charge is 0.326 e. The third-order valence-corrected chi connectivity index (χ3v) is 2.95. The fraction of sp³-hybridized carbons (Fsp3) is 0.438. The van der Waals surface area contributed by atoms with Crippen LogP contribution in [0.25, 0.3) is 0 Å². The summed E-state index contributed by atoms with van der Waals surface area (Å²) in [5.74, 6) is -1.15. The van der Waals surface area contributed by atoms with Crippen LogP contribution in [0.2, 0.25) is 0 Å². The minimum Gasteiger partial charge on any atom is -0.484 e. The molecule has 1 unspecified atom stereocenters. The van der Waals surface area contributed by atoms with E-state index in [4.69, 9.17) is 9.84 Å². The maximum Gasteiger partial charge on any atom is 0.326 e. The summed E-state index contributed by atoms with van der Waals surface area (Å²) in [5, 5.41) is 11.5. The third kappa shape index (κ3) is 5.95. The van der Waals surface area contributed by atoms with E-state index in [1.54, 1.807) is 24.3 Å². The molecular formula is C16H21NO5. The highest BCUT2D eigenvalue weighted by atomic mass is 16.5. The first-order valence-electron chi connectivity index (χ1n) is 7.05. The Labute approximate surface area is 129 Å². The molecule has 0 heterocycles. The first-order valence-corrected chi connectivity index (χ1v) is 7.05. The van der Waals surface area contributed by atoms with Crippen LogP contribution in [-0.4, -0.2) is 35.4 Å². The number of carboxylic acids is 1. The molecule has 120 valence electrons. The van der Waals surface area contributed by atoms with Crippen molar-refractivity contribution in [2.45, 2.75) is 33.2 Å². The molecule has 0 aliphatic carbocycles. The zero-order chi connectivity index (χ0) is 16.7. The molecule has 0 saturated heterocycles. The SMILES string of the molecule is CC(=O)c1cccc(OCC(=O)NC(CC(C)C)C(=O)O)c1. The van der Waals surface area contributed by atoms with Gasteiger partial charge in [0.15, 0.2) is 12.4 Å². The van der Waals surface area contributed by atoms with Crippen LogP contribution in [0.1, 0.15) is 37.6 Å². The van der Waals surface area contributed by atoms with Crippen molar-refractivity contribution >= 4 is 17.7 Å². The van der Waals surface area contributed by atoms with Crippen molar-refractivity contribution in [3.05, 3.63) is 29.8 Å². The number of aliphatic carboxylic acids is 1. The largest absolute Gasteiger partial charge is 0.484 e. The Bertz CT molecular complexity index is 553. The Morgan fingerprint density at radius 1 is 1.27 bits per heavy atom. The minimum atomic E-state index is -1.07. The molecule has 6 heteroatoms. The molecule has 0 saturated carbocycles. The Morgan fingerprint density at radius 2 is 1.95 bits per heavy atom. The molecule has 1 rings (SSSR count). The van der Waals surface area contributed by atoms with E-state index >= 15 is 0 Å². The quantitative estimate of drug-likeness (QED) is 0.715. The van der Waals surface area contributed by atoms with Gasteiger partial charge in [-0.3, -0.25) is 9.59 Å². The third-order valence-electron chi connectivity index (χ3n) is 2.95. The van der Waals surface area contributed by atoms with E-state index in [0.717, 1.165) is 0 Å². The van der Waals surface area contributed by atoms with Gasteiger partial charge in [0, 0.05) is 5.56 Å². The molecule has 6 nitrogen and oxygen atoms in total. The molecule has 1 aromatic carbocycles. The molecule has 1 atom stereocenters. The van der Waals surface area contributed by atoms with Gasteiger partial charge in [-0.05, 0) is 31.4 Å². The fourth-order valence-electron chi connectivity index (χ4n) is 1.88. The maximum atomic E-state index is 11.8. The second-order valence-electron chi connectivity index (χ2n) is 5.46. The van der Waals surface area contributed by atoms with E-state index in [2.05, 4.69) is 5.32 Å². The Hall–Kier alpha value is -2.37. The molecule has 0 bridgehead atoms. The van der Waals surface area contributed by atoms with Crippen LogP contribution in [0.5, 0.6) is 5.75 Å². The number of hydrogen-bond donors (Lipinski definition) is 2. The summed E-state index contributed by atoms with van der Waals surface area (Å²) in [4.78, 5) is 34.1. The van der Waals surface area contributed by atoms with Crippen LogP contribution < -0.4 is 10.1 Å². The van der Waals surface area contributed by atoms with E-state index in [0.29, 0.717) is 17.7 Å². The molecule has 22 heavy (non-hydrogen) atoms. The normalized spacial score (nSPS) is 11.8. The lowest BCUT2D eigenvalue weighted by Crippen LogP contribution is -2.43. The van der Waals surface area contributed by atoms with Gasteiger partial charge in [0.25, 0.3) is 5.91 Å². The lowest BCUT2D eigenvalue weighted by Gasteiger charge is -2.16. The van der Waals surface area contributed by atoms with Gasteiger partial charge >= 0.3 is 5.97 Å². The number of benzene rings is 1. The number of Topliss-reactive ketones (excluding diaryl/α,β-unsaturated/α-hetero) is 1. The van der Waals surface area contributed by atoms with Crippen LogP contribution in [0.15, 0.2) is 24.3 Å². The van der Waals surface area contributed by atoms with Crippen molar-refractivity contribution in [2.75, 3.05) is 6.61 Å². The predicted molar refractivity (Wildman–Crippen MR) is 81.0 cm³/mol. The molecule has 2 N–H and O–H groups in total. The summed E-state index contributed by atoms with van der Waals surface area (Å²) in [6.45, 7) is 4.90. The molecule has 0 spiro atoms. The van der Waals surface area contributed by atoms with E-state index in [1.165, 1.54) is 6.92 Å². The first kappa shape index (κ1) is 17.7. The zero-order valence-corrected chi connectivity index (χ0v) is 13.0. The summed E-state index contributed by atoms with van der Waals surface area (Å²) in [6.07, 6.45) is 0.348. The van der Waals surface area contributed by atoms with Crippen molar-refractivity contribution in [3.63, 3.8) is 0 Å². The van der Waals surface area contributed by atoms with Crippen LogP contribution in [0, 0.1) is 5.92 Å². The number of amides is 1. The van der Waals surface area contributed by atoms with Gasteiger partial charge in [-0.15, -0.1) is 0 Å². The lowest BCUT2D eigenvalue weighted by molar-refractivity contribution is -0.142. The average Bonchev–Trinajstić information content (AvgIpc) is 2.44. The summed E-state index contributed by atoms with van der Waals surface area (Å²) in [5.41, 5.74) is 0.487. The Morgan fingerprint density at radius 3 is 2.50 bits per heavy atom. The standard InChI is InChI=1S/C16H21NO5/c1-10(2)7-14(16(20)21)17-15(19)9-22-13-6-4-5-12(8-13)11(3)18/h4-6,8,10,14H,7,9H2,1-3H3,(H,17,19)(H,20,21). The van der Waals surface area contributed by atoms with Crippen molar-refractivity contribution < 1.29 is 24.2 Å². The number of ether oxygens (including phenoxy) is 1. The first-order chi connectivity index (χ1) is 10.3. The van der Waals surface area contributed by atoms with E-state index in [1.807, 2.05) is 13.8 Å². The van der Waals surface area contributed by atoms with Gasteiger partial charge < -0.3 is 15.2 Å². The number of carbonyl (C=O) groups is 3. The number of carboxylic acid groups (broad SMARTS) is 1. The summed E-state index contributed by atoms with van der Waals surface area (Å²) in [7, 11) is 0. The number of rotatable bonds is 8. The molecule has 1 amide bonds. The van der Waals surface area contributed by atoms with Gasteiger partial charge in [-0.1, -0.05) is 26.0 Å². The maximum absolute atomic E-state index is 11.8. The average molecular weight is 307 g/mol. The molecule has 1 aromatic rings. The molecule has 0 aromatic heterocycles. The molecule has 0 radical (unpaired) electrons. The lowest BCUT2D eigenvalue weighted by atomic mass is 10.0. The van der Waals surface area contributed by atoms with E-state index < -0.39 is 17.9 Å². The highest BCUT2D eigenvalue weighted by molar-refractivity contribution is 5.94. The molecular weight excluding hydrogens is 286 g/mol. The van der Waals surface area contributed by atoms with E-state index in [-0.39, 0.29) is 18.3 Å². The van der Waals surface area contributed by atoms with Crippen LogP contribution in [-0.2, 0) is 9.59 Å². The summed E-state index contributed by atoms with van der Waals surface area (Å²) >= 11 is 0. The molecule has 0 aliphatic rings. The number of hydrogen-bond acceptors (Lipinski definition) is 4. The predicted octanol–water partition coefficient (Wildman–Crippen LogP) is 1.88. The highest BCUT2D eigenvalue weighted by Gasteiger charge is 2.21. The van der Waals surface area contributed by atoms with Gasteiger partial charge in [-0.25, -0.2) is 4.79 Å². The van der Waals surface area contributed by atoms with Gasteiger partial charge in [0.1, 0.15) is 11.8 Å². The van der Waals surface area contributed by atoms with Gasteiger partial charge in [-0.2, -0.15) is 0 Å². The monoisotopic (exact) mass is 307 g/mol. The second kappa shape index (κ2) is 8.17. The minimum absolute atomic E-state index is 0.0993. The molecule has 0 fully saturated rings. The van der Waals surface area contributed by atoms with E-state index in [9.17, 15) is 14.4 Å². The van der Waals surface area contributed by atoms with Crippen molar-refractivity contribution in [2.24, 2.45) is 5.92 Å². The van der Waals surface area contributed by atoms with Crippen LogP contribution in [0.4, 0.5) is 0 Å². The number of nitrogens with one attached hydrogen (secondary N) is 1. The van der Waals surface area contributed by atoms with Gasteiger partial charge in [0.05, 0.1) is 0 Å². The number of carbonyl (C=O) groups excluding carboxylic acids is 2. The second-order valence-corrected chi connectivity index (χ2v) is 5.46. The van der Waals surface area contributed by atoms with Gasteiger partial charge in [0.2, 0.25) is 0 Å². The van der Waals surface area contributed by atoms with Crippen LogP contribution >= 0.6 is 0 Å². The summed E-state index contributed by atoms with van der Waals surface area (Å²) < 4.78 is 5.29. The van der Waals surface area contributed by atoms with Crippen LogP contribution in [0.3, 0.4) is 0 Å². The Balaban J connectivity index is 2.56. The molecule has 0 aliphatic heterocycles. The highest BCUT2D eigenvalue weighted by Crippen LogP contribution is 2.13.